The molecule has 3 nitrogen and oxygen atoms in total. The number of hydrogen-bond acceptors (Lipinski definition) is 2. The predicted molar refractivity (Wildman–Crippen MR) is 54.6 cm³/mol. The molecule has 0 aromatic carbocycles. The fourth-order valence-electron chi connectivity index (χ4n) is 1.03. The van der Waals surface area contributed by atoms with Crippen LogP contribution in [0.5, 0.6) is 0 Å². The van der Waals surface area contributed by atoms with Crippen molar-refractivity contribution in [3.8, 4) is 0 Å². The minimum atomic E-state index is -0.169. The number of fused-ring (bicyclic) bond motifs is 1. The molecule has 2 rings (SSSR count). The van der Waals surface area contributed by atoms with Crippen molar-refractivity contribution < 1.29 is 0 Å². The van der Waals surface area contributed by atoms with Gasteiger partial charge in [-0.2, -0.15) is 0 Å². The highest BCUT2D eigenvalue weighted by Crippen LogP contribution is 2.17. The molecule has 2 aromatic heterocycles. The molecule has 1 N–H and O–H groups in total. The highest BCUT2D eigenvalue weighted by molar-refractivity contribution is 6.35. The van der Waals surface area contributed by atoms with E-state index in [1.807, 2.05) is 0 Å². The maximum absolute atomic E-state index is 10.9. The third-order valence-electron chi connectivity index (χ3n) is 1.58. The Morgan fingerprint density at radius 3 is 2.85 bits per heavy atom. The van der Waals surface area contributed by atoms with Crippen molar-refractivity contribution in [2.45, 2.75) is 0 Å². The van der Waals surface area contributed by atoms with Crippen LogP contribution in [0.15, 0.2) is 29.2 Å². The molecule has 0 amide bonds. The molecule has 0 saturated carbocycles. The SMILES string of the molecule is Cl.O=c1ccc2c(Cl)ccnc2[nH]1. The maximum atomic E-state index is 10.9. The first kappa shape index (κ1) is 10.0. The molecule has 0 saturated heterocycles. The van der Waals surface area contributed by atoms with Crippen molar-refractivity contribution in [3.63, 3.8) is 0 Å². The van der Waals surface area contributed by atoms with Crippen LogP contribution in [-0.2, 0) is 0 Å². The highest BCUT2D eigenvalue weighted by Gasteiger charge is 1.98. The molecule has 5 heteroatoms. The summed E-state index contributed by atoms with van der Waals surface area (Å²) in [5, 5.41) is 1.36. The third kappa shape index (κ3) is 1.82. The first-order valence-electron chi connectivity index (χ1n) is 3.41. The van der Waals surface area contributed by atoms with Crippen molar-refractivity contribution in [1.82, 2.24) is 9.97 Å². The summed E-state index contributed by atoms with van der Waals surface area (Å²) in [4.78, 5) is 17.4. The van der Waals surface area contributed by atoms with Gasteiger partial charge in [-0.05, 0) is 12.1 Å². The molecule has 0 atom stereocenters. The van der Waals surface area contributed by atoms with Gasteiger partial charge in [0.1, 0.15) is 5.65 Å². The normalized spacial score (nSPS) is 9.62. The summed E-state index contributed by atoms with van der Waals surface area (Å²) >= 11 is 5.85. The topological polar surface area (TPSA) is 45.8 Å². The maximum Gasteiger partial charge on any atom is 0.249 e. The number of hydrogen-bond donors (Lipinski definition) is 1. The Morgan fingerprint density at radius 2 is 2.08 bits per heavy atom. The first-order valence-corrected chi connectivity index (χ1v) is 3.79. The summed E-state index contributed by atoms with van der Waals surface area (Å²) in [5.74, 6) is 0. The standard InChI is InChI=1S/C8H5ClN2O.ClH/c9-6-3-4-10-8-5(6)1-2-7(12)11-8;/h1-4H,(H,10,11,12);1H. The largest absolute Gasteiger partial charge is 0.307 e. The minimum Gasteiger partial charge on any atom is -0.307 e. The van der Waals surface area contributed by atoms with E-state index >= 15 is 0 Å². The van der Waals surface area contributed by atoms with Crippen LogP contribution in [0.4, 0.5) is 0 Å². The lowest BCUT2D eigenvalue weighted by atomic mass is 10.3. The van der Waals surface area contributed by atoms with Crippen molar-refractivity contribution in [2.24, 2.45) is 0 Å². The van der Waals surface area contributed by atoms with Crippen LogP contribution < -0.4 is 5.56 Å². The molecule has 68 valence electrons. The lowest BCUT2D eigenvalue weighted by Gasteiger charge is -1.96. The second-order valence-electron chi connectivity index (χ2n) is 2.38. The summed E-state index contributed by atoms with van der Waals surface area (Å²) < 4.78 is 0. The van der Waals surface area contributed by atoms with Gasteiger partial charge < -0.3 is 4.98 Å². The van der Waals surface area contributed by atoms with Gasteiger partial charge >= 0.3 is 0 Å². The van der Waals surface area contributed by atoms with E-state index in [9.17, 15) is 4.79 Å². The summed E-state index contributed by atoms with van der Waals surface area (Å²) in [5.41, 5.74) is 0.354. The zero-order chi connectivity index (χ0) is 8.55. The molecule has 0 radical (unpaired) electrons. The second-order valence-corrected chi connectivity index (χ2v) is 2.78. The summed E-state index contributed by atoms with van der Waals surface area (Å²) in [6.45, 7) is 0. The van der Waals surface area contributed by atoms with Gasteiger partial charge in [0.25, 0.3) is 0 Å². The fourth-order valence-corrected chi connectivity index (χ4v) is 1.23. The van der Waals surface area contributed by atoms with Crippen LogP contribution in [0.3, 0.4) is 0 Å². The number of nitrogens with zero attached hydrogens (tertiary/aromatic N) is 1. The Morgan fingerprint density at radius 1 is 1.31 bits per heavy atom. The molecule has 13 heavy (non-hydrogen) atoms. The van der Waals surface area contributed by atoms with Gasteiger partial charge in [0.2, 0.25) is 5.56 Å². The summed E-state index contributed by atoms with van der Waals surface area (Å²) in [7, 11) is 0. The number of halogens is 2. The van der Waals surface area contributed by atoms with Crippen LogP contribution in [0.25, 0.3) is 11.0 Å². The van der Waals surface area contributed by atoms with E-state index in [2.05, 4.69) is 9.97 Å². The highest BCUT2D eigenvalue weighted by atomic mass is 35.5. The minimum absolute atomic E-state index is 0. The Kier molecular flexibility index (Phi) is 2.90. The molecular formula is C8H6Cl2N2O. The van der Waals surface area contributed by atoms with E-state index in [1.165, 1.54) is 6.07 Å². The Labute approximate surface area is 85.2 Å². The molecule has 0 aliphatic carbocycles. The zero-order valence-electron chi connectivity index (χ0n) is 6.45. The van der Waals surface area contributed by atoms with Crippen molar-refractivity contribution in [2.75, 3.05) is 0 Å². The number of rotatable bonds is 0. The van der Waals surface area contributed by atoms with Crippen LogP contribution >= 0.6 is 24.0 Å². The Bertz CT molecular complexity index is 481. The molecule has 0 fully saturated rings. The van der Waals surface area contributed by atoms with E-state index in [0.717, 1.165) is 5.39 Å². The van der Waals surface area contributed by atoms with Crippen molar-refractivity contribution in [3.05, 3.63) is 39.8 Å². The van der Waals surface area contributed by atoms with E-state index in [1.54, 1.807) is 18.3 Å². The lowest BCUT2D eigenvalue weighted by Crippen LogP contribution is -2.03. The van der Waals surface area contributed by atoms with Gasteiger partial charge in [0.15, 0.2) is 0 Å². The van der Waals surface area contributed by atoms with E-state index in [-0.39, 0.29) is 18.0 Å². The van der Waals surface area contributed by atoms with Crippen LogP contribution in [0.1, 0.15) is 0 Å². The number of aromatic nitrogens is 2. The van der Waals surface area contributed by atoms with Crippen LogP contribution in [0.2, 0.25) is 5.02 Å². The van der Waals surface area contributed by atoms with E-state index < -0.39 is 0 Å². The second kappa shape index (κ2) is 3.77. The van der Waals surface area contributed by atoms with Crippen LogP contribution in [-0.4, -0.2) is 9.97 Å². The smallest absolute Gasteiger partial charge is 0.249 e. The van der Waals surface area contributed by atoms with Gasteiger partial charge in [0.05, 0.1) is 5.02 Å². The molecule has 0 bridgehead atoms. The quantitative estimate of drug-likeness (QED) is 0.733. The van der Waals surface area contributed by atoms with Gasteiger partial charge in [0, 0.05) is 17.6 Å². The molecule has 0 spiro atoms. The van der Waals surface area contributed by atoms with E-state index in [0.29, 0.717) is 10.7 Å². The molecule has 2 aromatic rings. The first-order chi connectivity index (χ1) is 5.77. The lowest BCUT2D eigenvalue weighted by molar-refractivity contribution is 1.23. The number of pyridine rings is 2. The van der Waals surface area contributed by atoms with Gasteiger partial charge in [-0.15, -0.1) is 12.4 Å². The molecule has 0 unspecified atom stereocenters. The number of H-pyrrole nitrogens is 1. The predicted octanol–water partition coefficient (Wildman–Crippen LogP) is 2.00. The monoisotopic (exact) mass is 216 g/mol. The van der Waals surface area contributed by atoms with Gasteiger partial charge in [-0.25, -0.2) is 4.98 Å². The average molecular weight is 217 g/mol. The third-order valence-corrected chi connectivity index (χ3v) is 1.91. The summed E-state index contributed by atoms with van der Waals surface area (Å²) in [6.07, 6.45) is 1.56. The van der Waals surface area contributed by atoms with E-state index in [4.69, 9.17) is 11.6 Å². The molecule has 0 aliphatic heterocycles. The van der Waals surface area contributed by atoms with Gasteiger partial charge in [-0.3, -0.25) is 4.79 Å². The fraction of sp³-hybridized carbons (Fsp3) is 0. The number of aromatic amines is 1. The van der Waals surface area contributed by atoms with Crippen LogP contribution in [0, 0.1) is 0 Å². The van der Waals surface area contributed by atoms with Gasteiger partial charge in [-0.1, -0.05) is 11.6 Å². The number of nitrogens with one attached hydrogen (secondary N) is 1. The van der Waals surface area contributed by atoms with Crippen molar-refractivity contribution in [1.29, 1.82) is 0 Å². The Hall–Kier alpha value is -1.06. The average Bonchev–Trinajstić information content (AvgIpc) is 2.04. The molecule has 0 aliphatic rings. The van der Waals surface area contributed by atoms with Crippen molar-refractivity contribution >= 4 is 35.0 Å². The zero-order valence-corrected chi connectivity index (χ0v) is 8.02. The molecular weight excluding hydrogens is 211 g/mol. The molecule has 2 heterocycles. The summed E-state index contributed by atoms with van der Waals surface area (Å²) in [6, 6.07) is 4.77. The Balaban J connectivity index is 0.000000845.